The van der Waals surface area contributed by atoms with Gasteiger partial charge in [0.05, 0.1) is 5.69 Å². The molecule has 1 heterocycles. The number of hydrogen-bond donors (Lipinski definition) is 1. The van der Waals surface area contributed by atoms with Gasteiger partial charge in [0.25, 0.3) is 0 Å². The van der Waals surface area contributed by atoms with Gasteiger partial charge in [0.15, 0.2) is 0 Å². The van der Waals surface area contributed by atoms with Crippen LogP contribution in [0.5, 0.6) is 0 Å². The van der Waals surface area contributed by atoms with Crippen LogP contribution in [-0.2, 0) is 0 Å². The van der Waals surface area contributed by atoms with Crippen molar-refractivity contribution in [3.05, 3.63) is 41.6 Å². The van der Waals surface area contributed by atoms with Gasteiger partial charge < -0.3 is 5.73 Å². The molecule has 0 bridgehead atoms. The monoisotopic (exact) mass is 243 g/mol. The lowest BCUT2D eigenvalue weighted by Gasteiger charge is -2.13. The third-order valence-electron chi connectivity index (χ3n) is 2.88. The number of benzene rings is 1. The second-order valence-electron chi connectivity index (χ2n) is 4.67. The third kappa shape index (κ3) is 2.14. The highest BCUT2D eigenvalue weighted by molar-refractivity contribution is 5.99. The predicted molar refractivity (Wildman–Crippen MR) is 71.3 cm³/mol. The summed E-state index contributed by atoms with van der Waals surface area (Å²) in [4.78, 5) is 11.5. The van der Waals surface area contributed by atoms with Crippen LogP contribution in [0.3, 0.4) is 0 Å². The Morgan fingerprint density at radius 3 is 2.67 bits per heavy atom. The van der Waals surface area contributed by atoms with E-state index in [1.165, 1.54) is 0 Å². The Labute approximate surface area is 106 Å². The number of carbonyl (C=O) groups excluding carboxylic acids is 1. The minimum atomic E-state index is -0.415. The van der Waals surface area contributed by atoms with Crippen molar-refractivity contribution in [1.82, 2.24) is 9.78 Å². The number of amides is 1. The molecular formula is C14H17N3O. The molecule has 94 valence electrons. The van der Waals surface area contributed by atoms with E-state index in [0.717, 1.165) is 16.8 Å². The van der Waals surface area contributed by atoms with E-state index in [9.17, 15) is 4.79 Å². The molecule has 2 aromatic rings. The van der Waals surface area contributed by atoms with Gasteiger partial charge in [0.1, 0.15) is 0 Å². The smallest absolute Gasteiger partial charge is 0.249 e. The topological polar surface area (TPSA) is 60.9 Å². The number of hydrogen-bond acceptors (Lipinski definition) is 2. The lowest BCUT2D eigenvalue weighted by Crippen LogP contribution is -2.14. The van der Waals surface area contributed by atoms with Crippen molar-refractivity contribution >= 4 is 5.91 Å². The molecule has 0 aliphatic carbocycles. The zero-order valence-corrected chi connectivity index (χ0v) is 10.8. The lowest BCUT2D eigenvalue weighted by molar-refractivity contribution is 0.100. The minimum absolute atomic E-state index is 0.233. The summed E-state index contributed by atoms with van der Waals surface area (Å²) in [6, 6.07) is 7.76. The second-order valence-corrected chi connectivity index (χ2v) is 4.67. The summed E-state index contributed by atoms with van der Waals surface area (Å²) in [6.45, 7) is 6.09. The van der Waals surface area contributed by atoms with Crippen molar-refractivity contribution in [2.75, 3.05) is 0 Å². The van der Waals surface area contributed by atoms with Gasteiger partial charge in [-0.05, 0) is 39.0 Å². The van der Waals surface area contributed by atoms with Crippen molar-refractivity contribution in [3.8, 4) is 11.3 Å². The van der Waals surface area contributed by atoms with Crippen molar-refractivity contribution in [3.63, 3.8) is 0 Å². The molecule has 0 saturated heterocycles. The van der Waals surface area contributed by atoms with Gasteiger partial charge >= 0.3 is 0 Å². The van der Waals surface area contributed by atoms with Crippen molar-refractivity contribution in [2.45, 2.75) is 26.8 Å². The average Bonchev–Trinajstić information content (AvgIpc) is 2.77. The first kappa shape index (κ1) is 12.4. The largest absolute Gasteiger partial charge is 0.366 e. The third-order valence-corrected chi connectivity index (χ3v) is 2.88. The molecule has 0 saturated carbocycles. The van der Waals surface area contributed by atoms with E-state index in [0.29, 0.717) is 5.56 Å². The summed E-state index contributed by atoms with van der Waals surface area (Å²) < 4.78 is 1.89. The maximum Gasteiger partial charge on any atom is 0.249 e. The van der Waals surface area contributed by atoms with Crippen LogP contribution in [0.25, 0.3) is 11.3 Å². The van der Waals surface area contributed by atoms with E-state index in [1.807, 2.05) is 29.8 Å². The summed E-state index contributed by atoms with van der Waals surface area (Å²) in [5.41, 5.74) is 8.81. The van der Waals surface area contributed by atoms with E-state index >= 15 is 0 Å². The first-order valence-electron chi connectivity index (χ1n) is 5.95. The lowest BCUT2D eigenvalue weighted by atomic mass is 10.0. The highest BCUT2D eigenvalue weighted by Gasteiger charge is 2.15. The molecule has 0 fully saturated rings. The Kier molecular flexibility index (Phi) is 3.19. The molecule has 4 nitrogen and oxygen atoms in total. The molecule has 2 N–H and O–H groups in total. The Morgan fingerprint density at radius 1 is 1.33 bits per heavy atom. The molecule has 1 aromatic carbocycles. The normalized spacial score (nSPS) is 10.9. The van der Waals surface area contributed by atoms with Gasteiger partial charge in [0.2, 0.25) is 5.91 Å². The first-order chi connectivity index (χ1) is 8.50. The van der Waals surface area contributed by atoms with E-state index in [2.05, 4.69) is 18.9 Å². The average molecular weight is 243 g/mol. The second kappa shape index (κ2) is 4.64. The molecule has 0 unspecified atom stereocenters. The fraction of sp³-hybridized carbons (Fsp3) is 0.286. The van der Waals surface area contributed by atoms with Crippen LogP contribution in [0.15, 0.2) is 30.5 Å². The molecule has 1 aromatic heterocycles. The zero-order chi connectivity index (χ0) is 13.3. The van der Waals surface area contributed by atoms with Gasteiger partial charge in [0, 0.05) is 23.4 Å². The van der Waals surface area contributed by atoms with Crippen molar-refractivity contribution < 1.29 is 4.79 Å². The number of nitrogens with two attached hydrogens (primary N) is 1. The zero-order valence-electron chi connectivity index (χ0n) is 10.8. The molecule has 2 rings (SSSR count). The van der Waals surface area contributed by atoms with E-state index in [1.54, 1.807) is 12.3 Å². The van der Waals surface area contributed by atoms with E-state index < -0.39 is 5.91 Å². The van der Waals surface area contributed by atoms with Crippen molar-refractivity contribution in [1.29, 1.82) is 0 Å². The number of carbonyl (C=O) groups is 1. The molecular weight excluding hydrogens is 226 g/mol. The van der Waals surface area contributed by atoms with Gasteiger partial charge in [-0.3, -0.25) is 9.48 Å². The molecule has 0 atom stereocenters. The highest BCUT2D eigenvalue weighted by Crippen LogP contribution is 2.26. The quantitative estimate of drug-likeness (QED) is 0.900. The molecule has 0 aliphatic heterocycles. The summed E-state index contributed by atoms with van der Waals surface area (Å²) in [5.74, 6) is -0.415. The van der Waals surface area contributed by atoms with Crippen LogP contribution in [0, 0.1) is 6.92 Å². The Bertz CT molecular complexity index is 584. The summed E-state index contributed by atoms with van der Waals surface area (Å²) in [7, 11) is 0. The number of aryl methyl sites for hydroxylation is 1. The van der Waals surface area contributed by atoms with Crippen LogP contribution in [0.4, 0.5) is 0 Å². The summed E-state index contributed by atoms with van der Waals surface area (Å²) >= 11 is 0. The van der Waals surface area contributed by atoms with Crippen molar-refractivity contribution in [2.24, 2.45) is 5.73 Å². The molecule has 0 spiro atoms. The molecule has 4 heteroatoms. The molecule has 0 aliphatic rings. The van der Waals surface area contributed by atoms with Crippen LogP contribution in [0.1, 0.15) is 35.8 Å². The molecule has 0 radical (unpaired) electrons. The number of nitrogens with zero attached hydrogens (tertiary/aromatic N) is 2. The van der Waals surface area contributed by atoms with Crippen LogP contribution >= 0.6 is 0 Å². The summed E-state index contributed by atoms with van der Waals surface area (Å²) in [6.07, 6.45) is 1.74. The van der Waals surface area contributed by atoms with Gasteiger partial charge in [-0.1, -0.05) is 11.6 Å². The highest BCUT2D eigenvalue weighted by atomic mass is 16.1. The van der Waals surface area contributed by atoms with Crippen LogP contribution in [-0.4, -0.2) is 15.7 Å². The fourth-order valence-electron chi connectivity index (χ4n) is 2.02. The van der Waals surface area contributed by atoms with Gasteiger partial charge in [-0.15, -0.1) is 0 Å². The number of aromatic nitrogens is 2. The van der Waals surface area contributed by atoms with Gasteiger partial charge in [-0.25, -0.2) is 0 Å². The maximum atomic E-state index is 11.5. The Hall–Kier alpha value is -2.10. The van der Waals surface area contributed by atoms with Gasteiger partial charge in [-0.2, -0.15) is 5.10 Å². The number of primary amides is 1. The number of rotatable bonds is 3. The molecule has 18 heavy (non-hydrogen) atoms. The van der Waals surface area contributed by atoms with E-state index in [4.69, 9.17) is 5.73 Å². The maximum absolute atomic E-state index is 11.5. The van der Waals surface area contributed by atoms with Crippen LogP contribution < -0.4 is 5.73 Å². The standard InChI is InChI=1S/C14H17N3O/c1-9(2)17-13(6-7-16-17)12-8-10(3)4-5-11(12)14(15)18/h4-9H,1-3H3,(H2,15,18). The SMILES string of the molecule is Cc1ccc(C(N)=O)c(-c2ccnn2C(C)C)c1. The van der Waals surface area contributed by atoms with Crippen LogP contribution in [0.2, 0.25) is 0 Å². The summed E-state index contributed by atoms with van der Waals surface area (Å²) in [5, 5.41) is 4.29. The minimum Gasteiger partial charge on any atom is -0.366 e. The Morgan fingerprint density at radius 2 is 2.06 bits per heavy atom. The Balaban J connectivity index is 2.66. The molecule has 1 amide bonds. The fourth-order valence-corrected chi connectivity index (χ4v) is 2.02. The predicted octanol–water partition coefficient (Wildman–Crippen LogP) is 2.54. The van der Waals surface area contributed by atoms with E-state index in [-0.39, 0.29) is 6.04 Å². The first-order valence-corrected chi connectivity index (χ1v) is 5.95.